The van der Waals surface area contributed by atoms with Crippen LogP contribution in [0.5, 0.6) is 0 Å². The second-order valence-corrected chi connectivity index (χ2v) is 9.03. The van der Waals surface area contributed by atoms with Gasteiger partial charge in [-0.15, -0.1) is 0 Å². The summed E-state index contributed by atoms with van der Waals surface area (Å²) in [5.74, 6) is -2.58. The minimum Gasteiger partial charge on any atom is -0.377 e. The number of carbonyl (C=O) groups is 2. The van der Waals surface area contributed by atoms with Gasteiger partial charge in [-0.3, -0.25) is 9.59 Å². The molecule has 9 nitrogen and oxygen atoms in total. The number of nitrogens with one attached hydrogen (secondary N) is 2. The van der Waals surface area contributed by atoms with Crippen LogP contribution in [0.2, 0.25) is 0 Å². The van der Waals surface area contributed by atoms with Crippen molar-refractivity contribution in [3.8, 4) is 0 Å². The van der Waals surface area contributed by atoms with Gasteiger partial charge in [-0.05, 0) is 69.4 Å². The number of benzene rings is 1. The number of rotatable bonds is 7. The third kappa shape index (κ3) is 4.36. The normalized spacial score (nSPS) is 15.5. The van der Waals surface area contributed by atoms with Crippen molar-refractivity contribution in [3.05, 3.63) is 63.8 Å². The maximum atomic E-state index is 13.6. The first-order chi connectivity index (χ1) is 16.9. The molecule has 0 radical (unpaired) electrons. The highest BCUT2D eigenvalue weighted by atomic mass is 19.3. The maximum absolute atomic E-state index is 13.6. The molecule has 1 saturated carbocycles. The van der Waals surface area contributed by atoms with Gasteiger partial charge in [0.1, 0.15) is 11.4 Å². The number of alkyl halides is 2. The van der Waals surface area contributed by atoms with Gasteiger partial charge in [0.15, 0.2) is 11.9 Å². The number of hydrogen-bond donors (Lipinski definition) is 3. The van der Waals surface area contributed by atoms with Crippen LogP contribution >= 0.6 is 0 Å². The summed E-state index contributed by atoms with van der Waals surface area (Å²) in [7, 11) is 1.61. The van der Waals surface area contributed by atoms with E-state index in [0.717, 1.165) is 0 Å². The first kappa shape index (κ1) is 25.4. The number of halogens is 3. The highest BCUT2D eigenvalue weighted by Gasteiger charge is 2.46. The van der Waals surface area contributed by atoms with Crippen molar-refractivity contribution in [1.82, 2.24) is 20.0 Å². The summed E-state index contributed by atoms with van der Waals surface area (Å²) in [5, 5.41) is 20.0. The van der Waals surface area contributed by atoms with Crippen molar-refractivity contribution in [2.45, 2.75) is 58.1 Å². The van der Waals surface area contributed by atoms with Gasteiger partial charge in [-0.1, -0.05) is 5.16 Å². The van der Waals surface area contributed by atoms with Gasteiger partial charge in [0, 0.05) is 18.4 Å². The molecule has 3 N–H and O–H groups in total. The largest absolute Gasteiger partial charge is 0.377 e. The van der Waals surface area contributed by atoms with E-state index in [-0.39, 0.29) is 17.1 Å². The molecule has 0 aliphatic heterocycles. The van der Waals surface area contributed by atoms with Crippen LogP contribution in [0.25, 0.3) is 0 Å². The van der Waals surface area contributed by atoms with Gasteiger partial charge < -0.3 is 24.8 Å². The summed E-state index contributed by atoms with van der Waals surface area (Å²) in [6.45, 7) is 4.86. The number of amides is 2. The SMILES string of the molecule is Cc1cc(NC(=O)c2c(C)c(C(O)C(=O)NC3(c4noc(C(F)F)n4)CCC3)n(C)c2C)ccc1F. The molecule has 36 heavy (non-hydrogen) atoms. The average Bonchev–Trinajstić information content (AvgIpc) is 3.37. The van der Waals surface area contributed by atoms with E-state index >= 15 is 0 Å². The van der Waals surface area contributed by atoms with E-state index in [0.29, 0.717) is 41.8 Å². The van der Waals surface area contributed by atoms with E-state index < -0.39 is 41.6 Å². The van der Waals surface area contributed by atoms with Crippen LogP contribution < -0.4 is 10.6 Å². The Morgan fingerprint density at radius 2 is 1.92 bits per heavy atom. The Labute approximate surface area is 204 Å². The fourth-order valence-corrected chi connectivity index (χ4v) is 4.52. The van der Waals surface area contributed by atoms with Crippen LogP contribution in [-0.2, 0) is 17.4 Å². The third-order valence-corrected chi connectivity index (χ3v) is 6.76. The van der Waals surface area contributed by atoms with Gasteiger partial charge in [-0.25, -0.2) is 4.39 Å². The van der Waals surface area contributed by atoms with E-state index in [9.17, 15) is 27.9 Å². The molecule has 1 aliphatic rings. The van der Waals surface area contributed by atoms with Gasteiger partial charge >= 0.3 is 6.43 Å². The molecule has 1 aliphatic carbocycles. The summed E-state index contributed by atoms with van der Waals surface area (Å²) in [6.07, 6.45) is -3.12. The monoisotopic (exact) mass is 505 g/mol. The molecule has 3 aromatic rings. The Morgan fingerprint density at radius 3 is 2.47 bits per heavy atom. The number of anilines is 1. The summed E-state index contributed by atoms with van der Waals surface area (Å²) in [5.41, 5.74) is 0.996. The first-order valence-electron chi connectivity index (χ1n) is 11.3. The van der Waals surface area contributed by atoms with Gasteiger partial charge in [0.2, 0.25) is 0 Å². The number of aromatic nitrogens is 3. The average molecular weight is 505 g/mol. The van der Waals surface area contributed by atoms with Gasteiger partial charge in [0.25, 0.3) is 17.7 Å². The zero-order chi connectivity index (χ0) is 26.4. The zero-order valence-electron chi connectivity index (χ0n) is 20.2. The van der Waals surface area contributed by atoms with E-state index in [1.807, 2.05) is 0 Å². The number of carbonyl (C=O) groups excluding carboxylic acids is 2. The summed E-state index contributed by atoms with van der Waals surface area (Å²) in [4.78, 5) is 29.8. The summed E-state index contributed by atoms with van der Waals surface area (Å²) < 4.78 is 45.5. The smallest absolute Gasteiger partial charge is 0.315 e. The molecule has 0 saturated heterocycles. The third-order valence-electron chi connectivity index (χ3n) is 6.76. The second kappa shape index (κ2) is 9.41. The Hall–Kier alpha value is -3.67. The first-order valence-corrected chi connectivity index (χ1v) is 11.3. The van der Waals surface area contributed by atoms with Crippen molar-refractivity contribution < 1.29 is 32.4 Å². The molecule has 0 bridgehead atoms. The lowest BCUT2D eigenvalue weighted by Crippen LogP contribution is -2.53. The van der Waals surface area contributed by atoms with E-state index in [4.69, 9.17) is 0 Å². The number of nitrogens with zero attached hydrogens (tertiary/aromatic N) is 3. The fourth-order valence-electron chi connectivity index (χ4n) is 4.52. The van der Waals surface area contributed by atoms with Crippen LogP contribution in [0.3, 0.4) is 0 Å². The molecule has 2 aromatic heterocycles. The maximum Gasteiger partial charge on any atom is 0.315 e. The molecule has 1 aromatic carbocycles. The minimum absolute atomic E-state index is 0.0703. The lowest BCUT2D eigenvalue weighted by Gasteiger charge is -2.40. The number of aryl methyl sites for hydroxylation is 1. The molecule has 12 heteroatoms. The van der Waals surface area contributed by atoms with E-state index in [1.54, 1.807) is 32.4 Å². The van der Waals surface area contributed by atoms with Gasteiger partial charge in [0.05, 0.1) is 11.3 Å². The minimum atomic E-state index is -2.94. The number of aliphatic hydroxyl groups is 1. The van der Waals surface area contributed by atoms with Crippen LogP contribution in [0.1, 0.15) is 76.4 Å². The fraction of sp³-hybridized carbons (Fsp3) is 0.417. The van der Waals surface area contributed by atoms with Crippen molar-refractivity contribution in [3.63, 3.8) is 0 Å². The lowest BCUT2D eigenvalue weighted by molar-refractivity contribution is -0.133. The summed E-state index contributed by atoms with van der Waals surface area (Å²) in [6, 6.07) is 4.19. The second-order valence-electron chi connectivity index (χ2n) is 9.03. The molecular weight excluding hydrogens is 479 g/mol. The zero-order valence-corrected chi connectivity index (χ0v) is 20.2. The van der Waals surface area contributed by atoms with Crippen molar-refractivity contribution in [1.29, 1.82) is 0 Å². The number of aliphatic hydroxyl groups excluding tert-OH is 1. The number of hydrogen-bond acceptors (Lipinski definition) is 6. The van der Waals surface area contributed by atoms with Crippen molar-refractivity contribution >= 4 is 17.5 Å². The highest BCUT2D eigenvalue weighted by molar-refractivity contribution is 6.06. The molecule has 192 valence electrons. The van der Waals surface area contributed by atoms with Gasteiger partial charge in [-0.2, -0.15) is 13.8 Å². The van der Waals surface area contributed by atoms with Crippen molar-refractivity contribution in [2.24, 2.45) is 7.05 Å². The Morgan fingerprint density at radius 1 is 1.22 bits per heavy atom. The Kier molecular flexibility index (Phi) is 6.65. The predicted molar refractivity (Wildman–Crippen MR) is 122 cm³/mol. The van der Waals surface area contributed by atoms with Crippen LogP contribution in [0, 0.1) is 26.6 Å². The Bertz CT molecular complexity index is 1330. The van der Waals surface area contributed by atoms with Crippen LogP contribution in [0.4, 0.5) is 18.9 Å². The highest BCUT2D eigenvalue weighted by Crippen LogP contribution is 2.41. The topological polar surface area (TPSA) is 122 Å². The van der Waals surface area contributed by atoms with Crippen molar-refractivity contribution in [2.75, 3.05) is 5.32 Å². The molecule has 1 fully saturated rings. The quantitative estimate of drug-likeness (QED) is 0.448. The van der Waals surface area contributed by atoms with E-state index in [2.05, 4.69) is 25.3 Å². The van der Waals surface area contributed by atoms with E-state index in [1.165, 1.54) is 18.2 Å². The molecule has 0 spiro atoms. The van der Waals surface area contributed by atoms with Crippen LogP contribution in [0.15, 0.2) is 22.7 Å². The predicted octanol–water partition coefficient (Wildman–Crippen LogP) is 3.89. The standard InChI is InChI=1S/C24H26F3N5O4/c1-11-10-14(6-7-15(11)25)28-20(34)16-12(2)17(32(4)13(16)3)18(33)21(35)30-24(8-5-9-24)23-29-22(19(26)27)36-31-23/h6-7,10,18-19,33H,5,8-9H2,1-4H3,(H,28,34)(H,30,35). The molecule has 2 amide bonds. The molecule has 1 atom stereocenters. The summed E-state index contributed by atoms with van der Waals surface area (Å²) >= 11 is 0. The molecular formula is C24H26F3N5O4. The molecule has 2 heterocycles. The molecule has 1 unspecified atom stereocenters. The lowest BCUT2D eigenvalue weighted by atomic mass is 9.76. The molecule has 4 rings (SSSR count). The van der Waals surface area contributed by atoms with Crippen LogP contribution in [-0.4, -0.2) is 31.6 Å². The Balaban J connectivity index is 1.57.